The topological polar surface area (TPSA) is 58.4 Å². The Hall–Kier alpha value is -0.680. The van der Waals surface area contributed by atoms with E-state index in [2.05, 4.69) is 38.1 Å². The minimum atomic E-state index is -0.699. The SMILES string of the molecule is CCCC(CCC)(C(=O)NN1C(C)CCCC1C)C(N)=S. The Morgan fingerprint density at radius 3 is 2.10 bits per heavy atom. The lowest BCUT2D eigenvalue weighted by Crippen LogP contribution is -2.59. The van der Waals surface area contributed by atoms with Crippen LogP contribution in [0.3, 0.4) is 0 Å². The van der Waals surface area contributed by atoms with Gasteiger partial charge in [-0.25, -0.2) is 5.01 Å². The number of nitrogens with one attached hydrogen (secondary N) is 1. The highest BCUT2D eigenvalue weighted by Gasteiger charge is 2.41. The molecule has 1 amide bonds. The van der Waals surface area contributed by atoms with Crippen LogP contribution in [0.2, 0.25) is 0 Å². The van der Waals surface area contributed by atoms with E-state index in [9.17, 15) is 4.79 Å². The number of piperidine rings is 1. The predicted octanol–water partition coefficient (Wildman–Crippen LogP) is 3.15. The van der Waals surface area contributed by atoms with E-state index < -0.39 is 5.41 Å². The van der Waals surface area contributed by atoms with Crippen LogP contribution in [-0.4, -0.2) is 28.0 Å². The number of nitrogens with two attached hydrogens (primary N) is 1. The molecule has 0 aromatic carbocycles. The number of nitrogens with zero attached hydrogens (tertiary/aromatic N) is 1. The van der Waals surface area contributed by atoms with Crippen LogP contribution in [0, 0.1) is 5.41 Å². The molecule has 0 aromatic heterocycles. The lowest BCUT2D eigenvalue weighted by molar-refractivity contribution is -0.136. The molecule has 4 nitrogen and oxygen atoms in total. The van der Waals surface area contributed by atoms with Gasteiger partial charge in [0.15, 0.2) is 0 Å². The zero-order valence-corrected chi connectivity index (χ0v) is 14.8. The highest BCUT2D eigenvalue weighted by atomic mass is 32.1. The Balaban J connectivity index is 2.91. The van der Waals surface area contributed by atoms with E-state index in [1.165, 1.54) is 6.42 Å². The van der Waals surface area contributed by atoms with Gasteiger partial charge in [-0.3, -0.25) is 10.2 Å². The third kappa shape index (κ3) is 4.16. The second kappa shape index (κ2) is 8.08. The molecule has 1 fully saturated rings. The van der Waals surface area contributed by atoms with Crippen molar-refractivity contribution in [2.75, 3.05) is 0 Å². The molecule has 1 heterocycles. The van der Waals surface area contributed by atoms with Gasteiger partial charge in [-0.2, -0.15) is 0 Å². The van der Waals surface area contributed by atoms with Gasteiger partial charge in [-0.15, -0.1) is 0 Å². The first-order valence-electron chi connectivity index (χ1n) is 8.28. The van der Waals surface area contributed by atoms with Gasteiger partial charge in [0.05, 0.1) is 4.99 Å². The van der Waals surface area contributed by atoms with Gasteiger partial charge < -0.3 is 5.73 Å². The molecule has 2 atom stereocenters. The van der Waals surface area contributed by atoms with Gasteiger partial charge in [-0.1, -0.05) is 45.3 Å². The number of hydrogen-bond donors (Lipinski definition) is 2. The van der Waals surface area contributed by atoms with Crippen molar-refractivity contribution < 1.29 is 4.79 Å². The maximum absolute atomic E-state index is 12.9. The van der Waals surface area contributed by atoms with Crippen LogP contribution in [0.1, 0.15) is 72.6 Å². The first kappa shape index (κ1) is 18.4. The second-order valence-electron chi connectivity index (χ2n) is 6.42. The molecule has 122 valence electrons. The van der Waals surface area contributed by atoms with Gasteiger partial charge in [0.2, 0.25) is 5.91 Å². The minimum absolute atomic E-state index is 0.0145. The molecular formula is C16H31N3OS. The van der Waals surface area contributed by atoms with Crippen LogP contribution < -0.4 is 11.2 Å². The first-order valence-corrected chi connectivity index (χ1v) is 8.69. The van der Waals surface area contributed by atoms with E-state index in [0.29, 0.717) is 17.1 Å². The molecule has 0 spiro atoms. The highest BCUT2D eigenvalue weighted by Crippen LogP contribution is 2.32. The van der Waals surface area contributed by atoms with Crippen LogP contribution in [0.4, 0.5) is 0 Å². The summed E-state index contributed by atoms with van der Waals surface area (Å²) >= 11 is 5.26. The molecule has 0 aromatic rings. The van der Waals surface area contributed by atoms with E-state index >= 15 is 0 Å². The van der Waals surface area contributed by atoms with Crippen LogP contribution >= 0.6 is 12.2 Å². The monoisotopic (exact) mass is 313 g/mol. The van der Waals surface area contributed by atoms with Crippen molar-refractivity contribution in [3.8, 4) is 0 Å². The zero-order chi connectivity index (χ0) is 16.0. The molecule has 0 bridgehead atoms. The van der Waals surface area contributed by atoms with E-state index in [1.807, 2.05) is 0 Å². The Labute approximate surface area is 134 Å². The van der Waals surface area contributed by atoms with Crippen molar-refractivity contribution in [1.29, 1.82) is 0 Å². The van der Waals surface area contributed by atoms with E-state index in [0.717, 1.165) is 38.5 Å². The molecule has 3 N–H and O–H groups in total. The van der Waals surface area contributed by atoms with Crippen molar-refractivity contribution in [2.24, 2.45) is 11.1 Å². The van der Waals surface area contributed by atoms with Gasteiger partial charge in [0.1, 0.15) is 5.41 Å². The first-order chi connectivity index (χ1) is 9.89. The van der Waals surface area contributed by atoms with E-state index in [-0.39, 0.29) is 5.91 Å². The quantitative estimate of drug-likeness (QED) is 0.709. The molecule has 1 aliphatic rings. The number of hydrogen-bond acceptors (Lipinski definition) is 3. The molecule has 1 rings (SSSR count). The number of rotatable bonds is 7. The van der Waals surface area contributed by atoms with Gasteiger partial charge in [-0.05, 0) is 39.5 Å². The van der Waals surface area contributed by atoms with E-state index in [1.54, 1.807) is 0 Å². The summed E-state index contributed by atoms with van der Waals surface area (Å²) in [6.07, 6.45) is 6.69. The fourth-order valence-electron chi connectivity index (χ4n) is 3.43. The standard InChI is InChI=1S/C16H31N3OS/c1-5-10-16(11-6-2,14(17)21)15(20)18-19-12(3)8-7-9-13(19)4/h12-13H,5-11H2,1-4H3,(H2,17,21)(H,18,20). The van der Waals surface area contributed by atoms with Crippen molar-refractivity contribution in [1.82, 2.24) is 10.4 Å². The van der Waals surface area contributed by atoms with Crippen LogP contribution in [-0.2, 0) is 4.79 Å². The fraction of sp³-hybridized carbons (Fsp3) is 0.875. The van der Waals surface area contributed by atoms with Crippen molar-refractivity contribution in [3.63, 3.8) is 0 Å². The zero-order valence-electron chi connectivity index (χ0n) is 13.9. The largest absolute Gasteiger partial charge is 0.392 e. The summed E-state index contributed by atoms with van der Waals surface area (Å²) in [7, 11) is 0. The number of amides is 1. The van der Waals surface area contributed by atoms with E-state index in [4.69, 9.17) is 18.0 Å². The maximum Gasteiger partial charge on any atom is 0.247 e. The molecule has 0 radical (unpaired) electrons. The summed E-state index contributed by atoms with van der Waals surface area (Å²) < 4.78 is 0. The number of thiocarbonyl (C=S) groups is 1. The fourth-order valence-corrected chi connectivity index (χ4v) is 3.73. The Morgan fingerprint density at radius 1 is 1.24 bits per heavy atom. The number of carbonyl (C=O) groups is 1. The summed E-state index contributed by atoms with van der Waals surface area (Å²) in [5, 5.41) is 2.10. The third-order valence-corrected chi connectivity index (χ3v) is 5.07. The van der Waals surface area contributed by atoms with Crippen LogP contribution in [0.25, 0.3) is 0 Å². The Kier molecular flexibility index (Phi) is 7.07. The highest BCUT2D eigenvalue weighted by molar-refractivity contribution is 7.80. The van der Waals surface area contributed by atoms with Crippen molar-refractivity contribution in [3.05, 3.63) is 0 Å². The lowest BCUT2D eigenvalue weighted by atomic mass is 9.78. The lowest BCUT2D eigenvalue weighted by Gasteiger charge is -2.41. The third-order valence-electron chi connectivity index (χ3n) is 4.68. The predicted molar refractivity (Wildman–Crippen MR) is 91.8 cm³/mol. The van der Waals surface area contributed by atoms with Gasteiger partial charge in [0, 0.05) is 12.1 Å². The Morgan fingerprint density at radius 2 is 1.71 bits per heavy atom. The summed E-state index contributed by atoms with van der Waals surface area (Å²) in [5.74, 6) is -0.0145. The summed E-state index contributed by atoms with van der Waals surface area (Å²) in [6.45, 7) is 8.47. The summed E-state index contributed by atoms with van der Waals surface area (Å²) in [4.78, 5) is 13.3. The summed E-state index contributed by atoms with van der Waals surface area (Å²) in [5.41, 5.74) is 8.41. The van der Waals surface area contributed by atoms with Crippen molar-refractivity contribution >= 4 is 23.1 Å². The molecule has 0 aliphatic carbocycles. The van der Waals surface area contributed by atoms with Gasteiger partial charge >= 0.3 is 0 Å². The normalized spacial score (nSPS) is 23.8. The summed E-state index contributed by atoms with van der Waals surface area (Å²) in [6, 6.07) is 0.731. The average molecular weight is 314 g/mol. The number of carbonyl (C=O) groups excluding carboxylic acids is 1. The minimum Gasteiger partial charge on any atom is -0.392 e. The molecule has 0 saturated carbocycles. The maximum atomic E-state index is 12.9. The molecule has 5 heteroatoms. The average Bonchev–Trinajstić information content (AvgIpc) is 2.42. The number of hydrazine groups is 1. The second-order valence-corrected chi connectivity index (χ2v) is 6.86. The van der Waals surface area contributed by atoms with Gasteiger partial charge in [0.25, 0.3) is 0 Å². The Bertz CT molecular complexity index is 357. The van der Waals surface area contributed by atoms with Crippen molar-refractivity contribution in [2.45, 2.75) is 84.7 Å². The molecular weight excluding hydrogens is 282 g/mol. The smallest absolute Gasteiger partial charge is 0.247 e. The molecule has 1 aliphatic heterocycles. The van der Waals surface area contributed by atoms with Crippen LogP contribution in [0.15, 0.2) is 0 Å². The van der Waals surface area contributed by atoms with Crippen LogP contribution in [0.5, 0.6) is 0 Å². The molecule has 2 unspecified atom stereocenters. The molecule has 1 saturated heterocycles. The molecule has 21 heavy (non-hydrogen) atoms.